The van der Waals surface area contributed by atoms with E-state index in [1.807, 2.05) is 30.3 Å². The van der Waals surface area contributed by atoms with Gasteiger partial charge in [0.25, 0.3) is 5.91 Å². The Hall–Kier alpha value is -3.03. The zero-order chi connectivity index (χ0) is 21.1. The van der Waals surface area contributed by atoms with Gasteiger partial charge in [-0.1, -0.05) is 6.92 Å². The van der Waals surface area contributed by atoms with Gasteiger partial charge in [-0.05, 0) is 60.2 Å². The predicted octanol–water partition coefficient (Wildman–Crippen LogP) is 2.70. The van der Waals surface area contributed by atoms with Gasteiger partial charge in [-0.2, -0.15) is 0 Å². The number of piperazine rings is 1. The molecule has 2 atom stereocenters. The second-order valence-electron chi connectivity index (χ2n) is 7.56. The molecule has 0 aliphatic carbocycles. The molecule has 7 heteroatoms. The molecule has 0 spiro atoms. The molecule has 2 aromatic rings. The van der Waals surface area contributed by atoms with Gasteiger partial charge in [-0.3, -0.25) is 9.69 Å². The number of nitrogens with zero attached hydrogens (tertiary/aromatic N) is 2. The van der Waals surface area contributed by atoms with Gasteiger partial charge in [0.15, 0.2) is 0 Å². The van der Waals surface area contributed by atoms with Gasteiger partial charge in [0.05, 0.1) is 5.71 Å². The number of rotatable bonds is 5. The van der Waals surface area contributed by atoms with Crippen molar-refractivity contribution in [1.29, 1.82) is 0 Å². The summed E-state index contributed by atoms with van der Waals surface area (Å²) in [5.41, 5.74) is 7.63. The van der Waals surface area contributed by atoms with Crippen LogP contribution in [0.1, 0.15) is 12.5 Å². The highest BCUT2D eigenvalue weighted by molar-refractivity contribution is 6.07. The van der Waals surface area contributed by atoms with E-state index in [9.17, 15) is 9.18 Å². The highest BCUT2D eigenvalue weighted by atomic mass is 19.1. The lowest BCUT2D eigenvalue weighted by atomic mass is 9.87. The molecule has 6 nitrogen and oxygen atoms in total. The van der Waals surface area contributed by atoms with E-state index < -0.39 is 5.91 Å². The minimum Gasteiger partial charge on any atom is -0.457 e. The van der Waals surface area contributed by atoms with Crippen LogP contribution in [0.15, 0.2) is 65.3 Å². The molecule has 2 heterocycles. The van der Waals surface area contributed by atoms with Crippen LogP contribution >= 0.6 is 0 Å². The molecule has 0 saturated carbocycles. The first kappa shape index (κ1) is 20.3. The van der Waals surface area contributed by atoms with Gasteiger partial charge in [0, 0.05) is 38.1 Å². The van der Waals surface area contributed by atoms with Crippen LogP contribution in [0.5, 0.6) is 11.5 Å². The summed E-state index contributed by atoms with van der Waals surface area (Å²) in [5.74, 6) is 0.481. The van der Waals surface area contributed by atoms with Gasteiger partial charge in [0.1, 0.15) is 23.0 Å². The molecule has 0 radical (unpaired) electrons. The zero-order valence-electron chi connectivity index (χ0n) is 16.8. The standard InChI is InChI=1S/C23H25FN4O2/c1-15-21(28-12-10-26-11-13-28)14-20(23(25)29)27-22(15)16-2-6-18(7-3-16)30-19-8-4-17(24)5-9-19/h2-9,14-15,21,26H,10-13H2,1H3,(H2,25,29). The topological polar surface area (TPSA) is 80.0 Å². The molecule has 1 saturated heterocycles. The fourth-order valence-electron chi connectivity index (χ4n) is 3.94. The highest BCUT2D eigenvalue weighted by Gasteiger charge is 2.32. The molecule has 2 aliphatic rings. The number of amides is 1. The van der Waals surface area contributed by atoms with E-state index in [1.165, 1.54) is 12.1 Å². The summed E-state index contributed by atoms with van der Waals surface area (Å²) in [4.78, 5) is 18.9. The largest absolute Gasteiger partial charge is 0.457 e. The Labute approximate surface area is 175 Å². The fourth-order valence-corrected chi connectivity index (χ4v) is 3.94. The van der Waals surface area contributed by atoms with E-state index in [2.05, 4.69) is 22.1 Å². The van der Waals surface area contributed by atoms with Crippen molar-refractivity contribution in [3.05, 3.63) is 71.7 Å². The van der Waals surface area contributed by atoms with Crippen molar-refractivity contribution in [2.24, 2.45) is 16.6 Å². The van der Waals surface area contributed by atoms with Crippen LogP contribution in [0, 0.1) is 11.7 Å². The lowest BCUT2D eigenvalue weighted by Gasteiger charge is -2.38. The Kier molecular flexibility index (Phi) is 5.92. The lowest BCUT2D eigenvalue weighted by Crippen LogP contribution is -2.52. The maximum atomic E-state index is 13.1. The number of carbonyl (C=O) groups excluding carboxylic acids is 1. The van der Waals surface area contributed by atoms with Gasteiger partial charge < -0.3 is 15.8 Å². The maximum Gasteiger partial charge on any atom is 0.267 e. The van der Waals surface area contributed by atoms with Gasteiger partial charge in [-0.25, -0.2) is 9.38 Å². The van der Waals surface area contributed by atoms with E-state index in [0.29, 0.717) is 17.2 Å². The van der Waals surface area contributed by atoms with Crippen molar-refractivity contribution >= 4 is 11.6 Å². The molecule has 1 amide bonds. The van der Waals surface area contributed by atoms with Crippen LogP contribution in [0.25, 0.3) is 0 Å². The molecule has 3 N–H and O–H groups in total. The number of primary amides is 1. The lowest BCUT2D eigenvalue weighted by molar-refractivity contribution is -0.114. The molecule has 156 valence electrons. The molecular weight excluding hydrogens is 383 g/mol. The van der Waals surface area contributed by atoms with Crippen LogP contribution in [0.2, 0.25) is 0 Å². The van der Waals surface area contributed by atoms with E-state index in [-0.39, 0.29) is 17.8 Å². The first-order valence-corrected chi connectivity index (χ1v) is 10.1. The van der Waals surface area contributed by atoms with Crippen LogP contribution in [-0.2, 0) is 4.79 Å². The van der Waals surface area contributed by atoms with Crippen LogP contribution in [0.3, 0.4) is 0 Å². The number of nitrogens with two attached hydrogens (primary N) is 1. The van der Waals surface area contributed by atoms with Crippen molar-refractivity contribution in [3.63, 3.8) is 0 Å². The molecule has 2 aromatic carbocycles. The van der Waals surface area contributed by atoms with Crippen LogP contribution in [0.4, 0.5) is 4.39 Å². The Morgan fingerprint density at radius 1 is 1.10 bits per heavy atom. The fraction of sp³-hybridized carbons (Fsp3) is 0.304. The maximum absolute atomic E-state index is 13.1. The number of hydrogen-bond donors (Lipinski definition) is 2. The van der Waals surface area contributed by atoms with Gasteiger partial charge in [-0.15, -0.1) is 0 Å². The summed E-state index contributed by atoms with van der Waals surface area (Å²) in [6.45, 7) is 5.79. The van der Waals surface area contributed by atoms with E-state index in [4.69, 9.17) is 10.5 Å². The number of halogens is 1. The number of hydrogen-bond acceptors (Lipinski definition) is 5. The second kappa shape index (κ2) is 8.77. The first-order valence-electron chi connectivity index (χ1n) is 10.1. The third kappa shape index (κ3) is 4.42. The predicted molar refractivity (Wildman–Crippen MR) is 114 cm³/mol. The van der Waals surface area contributed by atoms with Crippen molar-refractivity contribution in [1.82, 2.24) is 10.2 Å². The average Bonchev–Trinajstić information content (AvgIpc) is 2.76. The quantitative estimate of drug-likeness (QED) is 0.797. The summed E-state index contributed by atoms with van der Waals surface area (Å²) in [5, 5.41) is 3.36. The normalized spacial score (nSPS) is 22.2. The number of carbonyl (C=O) groups is 1. The first-order chi connectivity index (χ1) is 14.5. The van der Waals surface area contributed by atoms with Crippen molar-refractivity contribution in [3.8, 4) is 11.5 Å². The van der Waals surface area contributed by atoms with Crippen molar-refractivity contribution in [2.75, 3.05) is 26.2 Å². The SMILES string of the molecule is CC1C(c2ccc(Oc3ccc(F)cc3)cc2)=NC(C(N)=O)=CC1N1CCNCC1. The summed E-state index contributed by atoms with van der Waals surface area (Å²) >= 11 is 0. The Morgan fingerprint density at radius 2 is 1.70 bits per heavy atom. The number of nitrogens with one attached hydrogen (secondary N) is 1. The van der Waals surface area contributed by atoms with Gasteiger partial charge >= 0.3 is 0 Å². The second-order valence-corrected chi connectivity index (χ2v) is 7.56. The molecule has 0 bridgehead atoms. The smallest absolute Gasteiger partial charge is 0.267 e. The van der Waals surface area contributed by atoms with Crippen molar-refractivity contribution < 1.29 is 13.9 Å². The summed E-state index contributed by atoms with van der Waals surface area (Å²) in [6, 6.07) is 13.5. The molecule has 2 aliphatic heterocycles. The molecule has 1 fully saturated rings. The number of aliphatic imine (C=N–C) groups is 1. The molecule has 30 heavy (non-hydrogen) atoms. The van der Waals surface area contributed by atoms with Crippen LogP contribution in [-0.4, -0.2) is 48.7 Å². The van der Waals surface area contributed by atoms with E-state index in [1.54, 1.807) is 12.1 Å². The minimum atomic E-state index is -0.518. The third-order valence-electron chi connectivity index (χ3n) is 5.54. The Balaban J connectivity index is 1.57. The molecule has 4 rings (SSSR count). The summed E-state index contributed by atoms with van der Waals surface area (Å²) in [7, 11) is 0. The Morgan fingerprint density at radius 3 is 2.30 bits per heavy atom. The van der Waals surface area contributed by atoms with E-state index in [0.717, 1.165) is 37.5 Å². The summed E-state index contributed by atoms with van der Waals surface area (Å²) < 4.78 is 18.8. The van der Waals surface area contributed by atoms with E-state index >= 15 is 0 Å². The Bertz CT molecular complexity index is 964. The zero-order valence-corrected chi connectivity index (χ0v) is 16.8. The monoisotopic (exact) mass is 408 g/mol. The van der Waals surface area contributed by atoms with Crippen molar-refractivity contribution in [2.45, 2.75) is 13.0 Å². The van der Waals surface area contributed by atoms with Gasteiger partial charge in [0.2, 0.25) is 0 Å². The van der Waals surface area contributed by atoms with Crippen LogP contribution < -0.4 is 15.8 Å². The minimum absolute atomic E-state index is 0.0669. The molecule has 0 aromatic heterocycles. The molecule has 2 unspecified atom stereocenters. The molecular formula is C23H25FN4O2. The summed E-state index contributed by atoms with van der Waals surface area (Å²) in [6.07, 6.45) is 1.90. The third-order valence-corrected chi connectivity index (χ3v) is 5.54. The highest BCUT2D eigenvalue weighted by Crippen LogP contribution is 2.28. The number of benzene rings is 2. The number of ether oxygens (including phenoxy) is 1. The average molecular weight is 408 g/mol.